The van der Waals surface area contributed by atoms with Gasteiger partial charge in [0.05, 0.1) is 9.85 Å². The molecule has 0 heterocycles. The number of carbonyl (C=O) groups is 1. The van der Waals surface area contributed by atoms with Gasteiger partial charge in [-0.15, -0.1) is 0 Å². The molecule has 0 aliphatic heterocycles. The maximum atomic E-state index is 10.1. The van der Waals surface area contributed by atoms with Crippen molar-refractivity contribution < 1.29 is 19.7 Å². The summed E-state index contributed by atoms with van der Waals surface area (Å²) in [4.78, 5) is 28.5. The second-order valence-electron chi connectivity index (χ2n) is 2.87. The van der Waals surface area contributed by atoms with Crippen LogP contribution in [-0.4, -0.2) is 20.9 Å². The van der Waals surface area contributed by atoms with E-state index in [0.29, 0.717) is 0 Å². The topological polar surface area (TPSA) is 124 Å². The number of carboxylic acids is 1. The summed E-state index contributed by atoms with van der Waals surface area (Å²) >= 11 is 0. The van der Waals surface area contributed by atoms with Crippen molar-refractivity contribution in [2.75, 3.05) is 0 Å². The zero-order chi connectivity index (χ0) is 14.1. The van der Waals surface area contributed by atoms with Gasteiger partial charge in [0.1, 0.15) is 0 Å². The lowest BCUT2D eigenvalue weighted by atomic mass is 10.3. The van der Waals surface area contributed by atoms with Crippen molar-refractivity contribution in [1.82, 2.24) is 0 Å². The minimum absolute atomic E-state index is 0.152. The van der Waals surface area contributed by atoms with Gasteiger partial charge >= 0.3 is 5.97 Å². The van der Waals surface area contributed by atoms with Crippen LogP contribution in [0.25, 0.3) is 0 Å². The Hall–Kier alpha value is -2.77. The van der Waals surface area contributed by atoms with E-state index in [0.717, 1.165) is 30.3 Å². The monoisotopic (exact) mass is 254 g/mol. The first-order valence-corrected chi connectivity index (χ1v) is 4.63. The third-order valence-corrected chi connectivity index (χ3v) is 1.58. The summed E-state index contributed by atoms with van der Waals surface area (Å²) in [6, 6.07) is 4.38. The molecule has 0 saturated carbocycles. The fourth-order valence-corrected chi connectivity index (χ4v) is 0.839. The van der Waals surface area contributed by atoms with E-state index < -0.39 is 15.8 Å². The number of nitro groups is 2. The summed E-state index contributed by atoms with van der Waals surface area (Å²) in [6.07, 6.45) is 2.56. The van der Waals surface area contributed by atoms with Crippen LogP contribution in [-0.2, 0) is 4.79 Å². The first kappa shape index (κ1) is 15.2. The first-order valence-electron chi connectivity index (χ1n) is 4.63. The number of aliphatic carboxylic acids is 1. The number of rotatable bonds is 3. The number of nitro benzene ring substituents is 2. The van der Waals surface area contributed by atoms with E-state index in [4.69, 9.17) is 5.11 Å². The van der Waals surface area contributed by atoms with Crippen LogP contribution in [0, 0.1) is 20.2 Å². The highest BCUT2D eigenvalue weighted by atomic mass is 16.6. The van der Waals surface area contributed by atoms with Crippen molar-refractivity contribution in [2.45, 2.75) is 6.92 Å². The summed E-state index contributed by atoms with van der Waals surface area (Å²) in [7, 11) is 0. The van der Waals surface area contributed by atoms with Gasteiger partial charge in [-0.1, -0.05) is 6.08 Å². The van der Waals surface area contributed by atoms with Crippen molar-refractivity contribution in [1.29, 1.82) is 0 Å². The average molecular weight is 254 g/mol. The van der Waals surface area contributed by atoms with Crippen molar-refractivity contribution in [3.63, 3.8) is 0 Å². The van der Waals surface area contributed by atoms with E-state index in [9.17, 15) is 25.0 Å². The van der Waals surface area contributed by atoms with Crippen molar-refractivity contribution in [3.05, 3.63) is 56.6 Å². The quantitative estimate of drug-likeness (QED) is 0.500. The molecular weight excluding hydrogens is 244 g/mol. The molecule has 1 aromatic rings. The molecule has 0 aromatic heterocycles. The van der Waals surface area contributed by atoms with Crippen LogP contribution in [0.5, 0.6) is 0 Å². The fraction of sp³-hybridized carbons (Fsp3) is 0.100. The minimum atomic E-state index is -0.891. The Balaban J connectivity index is 0.000000411. The molecule has 0 aliphatic rings. The van der Waals surface area contributed by atoms with Gasteiger partial charge in [-0.3, -0.25) is 20.2 Å². The van der Waals surface area contributed by atoms with Gasteiger partial charge in [-0.05, 0) is 6.92 Å². The van der Waals surface area contributed by atoms with Crippen LogP contribution in [0.15, 0.2) is 36.4 Å². The standard InChI is InChI=1S/C6H4N2O4.C4H6O2/c9-7(10)5-1-2-6(4-3-5)8(11)12;1-2-3-4(5)6/h1-4H;2-3H,1H3,(H,5,6)/b;3-2+. The van der Waals surface area contributed by atoms with Gasteiger partial charge in [-0.2, -0.15) is 0 Å². The largest absolute Gasteiger partial charge is 0.478 e. The summed E-state index contributed by atoms with van der Waals surface area (Å²) in [5.41, 5.74) is -0.304. The van der Waals surface area contributed by atoms with E-state index in [-0.39, 0.29) is 11.4 Å². The second-order valence-corrected chi connectivity index (χ2v) is 2.87. The lowest BCUT2D eigenvalue weighted by molar-refractivity contribution is -0.389. The van der Waals surface area contributed by atoms with Crippen molar-refractivity contribution in [3.8, 4) is 0 Å². The maximum absolute atomic E-state index is 10.1. The Kier molecular flexibility index (Phi) is 6.34. The Bertz CT molecular complexity index is 433. The number of hydrogen-bond donors (Lipinski definition) is 1. The van der Waals surface area contributed by atoms with Gasteiger partial charge in [-0.25, -0.2) is 4.79 Å². The third kappa shape index (κ3) is 5.95. The zero-order valence-corrected chi connectivity index (χ0v) is 9.35. The van der Waals surface area contributed by atoms with Crippen LogP contribution >= 0.6 is 0 Å². The van der Waals surface area contributed by atoms with E-state index in [2.05, 4.69) is 0 Å². The summed E-state index contributed by atoms with van der Waals surface area (Å²) < 4.78 is 0. The van der Waals surface area contributed by atoms with Crippen LogP contribution < -0.4 is 0 Å². The Labute approximate surface area is 101 Å². The van der Waals surface area contributed by atoms with Crippen LogP contribution in [0.2, 0.25) is 0 Å². The molecule has 0 saturated heterocycles. The van der Waals surface area contributed by atoms with Crippen molar-refractivity contribution in [2.24, 2.45) is 0 Å². The molecule has 18 heavy (non-hydrogen) atoms. The molecule has 1 N–H and O–H groups in total. The van der Waals surface area contributed by atoms with Crippen LogP contribution in [0.4, 0.5) is 11.4 Å². The number of hydrogen-bond acceptors (Lipinski definition) is 5. The lowest BCUT2D eigenvalue weighted by Crippen LogP contribution is -1.90. The molecule has 0 atom stereocenters. The molecule has 8 nitrogen and oxygen atoms in total. The van der Waals surface area contributed by atoms with Crippen LogP contribution in [0.3, 0.4) is 0 Å². The van der Waals surface area contributed by atoms with Gasteiger partial charge in [0.2, 0.25) is 0 Å². The number of non-ortho nitro benzene ring substituents is 2. The molecule has 1 rings (SSSR count). The Morgan fingerprint density at radius 2 is 1.44 bits per heavy atom. The predicted octanol–water partition coefficient (Wildman–Crippen LogP) is 2.15. The summed E-state index contributed by atoms with van der Waals surface area (Å²) in [5, 5.41) is 28.1. The first-order chi connectivity index (χ1) is 8.38. The molecule has 0 aliphatic carbocycles. The van der Waals surface area contributed by atoms with E-state index in [1.165, 1.54) is 6.08 Å². The molecule has 0 fully saturated rings. The van der Waals surface area contributed by atoms with E-state index in [1.807, 2.05) is 0 Å². The molecule has 1 aromatic carbocycles. The van der Waals surface area contributed by atoms with Gasteiger partial charge in [0.15, 0.2) is 0 Å². The molecule has 8 heteroatoms. The SMILES string of the molecule is C/C=C/C(=O)O.O=[N+]([O-])c1ccc([N+](=O)[O-])cc1. The summed E-state index contributed by atoms with van der Waals surface area (Å²) in [5.74, 6) is -0.891. The number of nitrogens with zero attached hydrogens (tertiary/aromatic N) is 2. The number of benzene rings is 1. The minimum Gasteiger partial charge on any atom is -0.478 e. The van der Waals surface area contributed by atoms with E-state index >= 15 is 0 Å². The van der Waals surface area contributed by atoms with Gasteiger partial charge in [0, 0.05) is 30.3 Å². The normalized spacial score (nSPS) is 9.39. The maximum Gasteiger partial charge on any atom is 0.327 e. The smallest absolute Gasteiger partial charge is 0.327 e. The Morgan fingerprint density at radius 3 is 1.56 bits per heavy atom. The van der Waals surface area contributed by atoms with Gasteiger partial charge in [0.25, 0.3) is 11.4 Å². The molecule has 0 bridgehead atoms. The fourth-order valence-electron chi connectivity index (χ4n) is 0.839. The third-order valence-electron chi connectivity index (χ3n) is 1.58. The molecular formula is C10H10N2O6. The molecule has 0 unspecified atom stereocenters. The molecule has 0 spiro atoms. The molecule has 0 radical (unpaired) electrons. The Morgan fingerprint density at radius 1 is 1.11 bits per heavy atom. The number of allylic oxidation sites excluding steroid dienone is 1. The highest BCUT2D eigenvalue weighted by molar-refractivity contribution is 5.79. The van der Waals surface area contributed by atoms with E-state index in [1.54, 1.807) is 6.92 Å². The predicted molar refractivity (Wildman–Crippen MR) is 62.2 cm³/mol. The average Bonchev–Trinajstić information content (AvgIpc) is 2.29. The lowest BCUT2D eigenvalue weighted by Gasteiger charge is -1.90. The molecule has 0 amide bonds. The zero-order valence-electron chi connectivity index (χ0n) is 9.35. The highest BCUT2D eigenvalue weighted by Gasteiger charge is 2.08. The summed E-state index contributed by atoms with van der Waals surface area (Å²) in [6.45, 7) is 1.66. The van der Waals surface area contributed by atoms with Crippen LogP contribution in [0.1, 0.15) is 6.92 Å². The highest BCUT2D eigenvalue weighted by Crippen LogP contribution is 2.16. The second kappa shape index (κ2) is 7.49. The molecule has 96 valence electrons. The van der Waals surface area contributed by atoms with Gasteiger partial charge < -0.3 is 5.11 Å². The van der Waals surface area contributed by atoms with Crippen molar-refractivity contribution >= 4 is 17.3 Å². The number of carboxylic acid groups (broad SMARTS) is 1.